The number of benzene rings is 1. The summed E-state index contributed by atoms with van der Waals surface area (Å²) in [6.07, 6.45) is 0. The van der Waals surface area contributed by atoms with E-state index in [1.54, 1.807) is 11.4 Å². The van der Waals surface area contributed by atoms with Gasteiger partial charge in [-0.15, -0.1) is 11.3 Å². The zero-order valence-electron chi connectivity index (χ0n) is 10.2. The number of nitrogens with one attached hydrogen (secondary N) is 2. The van der Waals surface area contributed by atoms with E-state index >= 15 is 0 Å². The number of aromatic nitrogens is 1. The number of carbonyl (C=O) groups excluding carboxylic acids is 2. The molecule has 20 heavy (non-hydrogen) atoms. The number of anilines is 1. The Balaban J connectivity index is 2.17. The van der Waals surface area contributed by atoms with Crippen molar-refractivity contribution in [1.82, 2.24) is 10.3 Å². The summed E-state index contributed by atoms with van der Waals surface area (Å²) in [7, 11) is 1.51. The average molecular weight is 330 g/mol. The summed E-state index contributed by atoms with van der Waals surface area (Å²) in [5.74, 6) is -0.752. The summed E-state index contributed by atoms with van der Waals surface area (Å²) < 4.78 is 0. The monoisotopic (exact) mass is 329 g/mol. The Morgan fingerprint density at radius 3 is 2.70 bits per heavy atom. The van der Waals surface area contributed by atoms with E-state index in [-0.39, 0.29) is 22.2 Å². The second kappa shape index (κ2) is 6.21. The Kier molecular flexibility index (Phi) is 4.59. The maximum atomic E-state index is 12.0. The van der Waals surface area contributed by atoms with Crippen LogP contribution in [0.3, 0.4) is 0 Å². The third-order valence-corrected chi connectivity index (χ3v) is 3.68. The molecule has 1 aromatic heterocycles. The fourth-order valence-corrected chi connectivity index (χ4v) is 2.46. The van der Waals surface area contributed by atoms with Crippen LogP contribution in [-0.2, 0) is 0 Å². The lowest BCUT2D eigenvalue weighted by Gasteiger charge is -2.04. The molecule has 0 aliphatic carbocycles. The molecule has 0 atom stereocenters. The van der Waals surface area contributed by atoms with E-state index in [4.69, 9.17) is 23.2 Å². The van der Waals surface area contributed by atoms with E-state index in [0.717, 1.165) is 11.3 Å². The summed E-state index contributed by atoms with van der Waals surface area (Å²) in [6, 6.07) is 4.59. The summed E-state index contributed by atoms with van der Waals surface area (Å²) in [6.45, 7) is 0. The van der Waals surface area contributed by atoms with Crippen LogP contribution in [0.5, 0.6) is 0 Å². The van der Waals surface area contributed by atoms with Gasteiger partial charge in [0.25, 0.3) is 11.8 Å². The molecule has 0 spiro atoms. The first-order valence-corrected chi connectivity index (χ1v) is 7.09. The molecule has 0 aliphatic rings. The van der Waals surface area contributed by atoms with Crippen molar-refractivity contribution in [2.45, 2.75) is 0 Å². The topological polar surface area (TPSA) is 71.1 Å². The van der Waals surface area contributed by atoms with Crippen LogP contribution < -0.4 is 10.6 Å². The first-order valence-electron chi connectivity index (χ1n) is 5.45. The molecule has 1 aromatic carbocycles. The highest BCUT2D eigenvalue weighted by Gasteiger charge is 2.14. The number of hydrogen-bond donors (Lipinski definition) is 2. The molecule has 104 valence electrons. The van der Waals surface area contributed by atoms with Crippen LogP contribution in [0.25, 0.3) is 0 Å². The van der Waals surface area contributed by atoms with Gasteiger partial charge in [-0.2, -0.15) is 0 Å². The lowest BCUT2D eigenvalue weighted by Crippen LogP contribution is -2.18. The lowest BCUT2D eigenvalue weighted by atomic mass is 10.2. The highest BCUT2D eigenvalue weighted by Crippen LogP contribution is 2.23. The zero-order valence-corrected chi connectivity index (χ0v) is 12.6. The van der Waals surface area contributed by atoms with E-state index in [9.17, 15) is 9.59 Å². The van der Waals surface area contributed by atoms with Crippen molar-refractivity contribution < 1.29 is 9.59 Å². The van der Waals surface area contributed by atoms with Crippen LogP contribution in [0.4, 0.5) is 5.13 Å². The Bertz CT molecular complexity index is 672. The predicted molar refractivity (Wildman–Crippen MR) is 79.9 cm³/mol. The van der Waals surface area contributed by atoms with Gasteiger partial charge in [-0.05, 0) is 18.2 Å². The van der Waals surface area contributed by atoms with Gasteiger partial charge in [0.15, 0.2) is 5.13 Å². The standard InChI is InChI=1S/C12H9Cl2N3O2S/c1-15-11(19)9-5-20-12(16-9)17-10(18)7-4-6(13)2-3-8(7)14/h2-5H,1H3,(H,15,19)(H,16,17,18). The first kappa shape index (κ1) is 14.8. The van der Waals surface area contributed by atoms with Crippen molar-refractivity contribution in [3.05, 3.63) is 44.9 Å². The van der Waals surface area contributed by atoms with Crippen molar-refractivity contribution in [3.63, 3.8) is 0 Å². The fourth-order valence-electron chi connectivity index (χ4n) is 1.40. The molecule has 8 heteroatoms. The average Bonchev–Trinajstić information content (AvgIpc) is 2.89. The fraction of sp³-hybridized carbons (Fsp3) is 0.0833. The van der Waals surface area contributed by atoms with Crippen LogP contribution >= 0.6 is 34.5 Å². The molecule has 0 aliphatic heterocycles. The van der Waals surface area contributed by atoms with Gasteiger partial charge < -0.3 is 5.32 Å². The summed E-state index contributed by atoms with van der Waals surface area (Å²) in [5.41, 5.74) is 0.487. The molecule has 2 N–H and O–H groups in total. The zero-order chi connectivity index (χ0) is 14.7. The van der Waals surface area contributed by atoms with Gasteiger partial charge in [-0.3, -0.25) is 14.9 Å². The number of nitrogens with zero attached hydrogens (tertiary/aromatic N) is 1. The van der Waals surface area contributed by atoms with Crippen molar-refractivity contribution >= 4 is 51.5 Å². The summed E-state index contributed by atoms with van der Waals surface area (Å²) in [4.78, 5) is 27.4. The summed E-state index contributed by atoms with van der Waals surface area (Å²) in [5, 5.41) is 7.57. The second-order valence-electron chi connectivity index (χ2n) is 3.70. The Labute approximate surface area is 128 Å². The third kappa shape index (κ3) is 3.27. The van der Waals surface area contributed by atoms with Crippen LogP contribution in [0.1, 0.15) is 20.8 Å². The minimum absolute atomic E-state index is 0.241. The number of carbonyl (C=O) groups is 2. The predicted octanol–water partition coefficient (Wildman–Crippen LogP) is 3.06. The third-order valence-electron chi connectivity index (χ3n) is 2.36. The molecule has 0 radical (unpaired) electrons. The Morgan fingerprint density at radius 1 is 1.25 bits per heavy atom. The molecule has 2 rings (SSSR count). The van der Waals surface area contributed by atoms with E-state index in [0.29, 0.717) is 10.2 Å². The number of hydrogen-bond acceptors (Lipinski definition) is 4. The minimum atomic E-state index is -0.435. The van der Waals surface area contributed by atoms with Crippen LogP contribution in [0, 0.1) is 0 Å². The Hall–Kier alpha value is -1.63. The molecule has 2 aromatic rings. The lowest BCUT2D eigenvalue weighted by molar-refractivity contribution is 0.0957. The van der Waals surface area contributed by atoms with E-state index in [2.05, 4.69) is 15.6 Å². The normalized spacial score (nSPS) is 10.2. The van der Waals surface area contributed by atoms with Gasteiger partial charge in [0.1, 0.15) is 5.69 Å². The highest BCUT2D eigenvalue weighted by molar-refractivity contribution is 7.14. The molecule has 0 saturated carbocycles. The number of amides is 2. The molecule has 0 fully saturated rings. The molecule has 0 saturated heterocycles. The molecular weight excluding hydrogens is 321 g/mol. The number of rotatable bonds is 3. The smallest absolute Gasteiger partial charge is 0.270 e. The van der Waals surface area contributed by atoms with E-state index < -0.39 is 5.91 Å². The molecule has 0 bridgehead atoms. The van der Waals surface area contributed by atoms with Gasteiger partial charge in [-0.25, -0.2) is 4.98 Å². The van der Waals surface area contributed by atoms with Gasteiger partial charge in [0.05, 0.1) is 10.6 Å². The van der Waals surface area contributed by atoms with Crippen LogP contribution in [0.15, 0.2) is 23.6 Å². The number of halogens is 2. The van der Waals surface area contributed by atoms with Crippen LogP contribution in [0.2, 0.25) is 10.0 Å². The van der Waals surface area contributed by atoms with Crippen molar-refractivity contribution in [2.75, 3.05) is 12.4 Å². The van der Waals surface area contributed by atoms with Crippen LogP contribution in [-0.4, -0.2) is 23.8 Å². The summed E-state index contributed by atoms with van der Waals surface area (Å²) >= 11 is 12.9. The van der Waals surface area contributed by atoms with Gasteiger partial charge >= 0.3 is 0 Å². The minimum Gasteiger partial charge on any atom is -0.354 e. The first-order chi connectivity index (χ1) is 9.51. The van der Waals surface area contributed by atoms with Crippen molar-refractivity contribution in [3.8, 4) is 0 Å². The molecule has 1 heterocycles. The van der Waals surface area contributed by atoms with Crippen molar-refractivity contribution in [2.24, 2.45) is 0 Å². The van der Waals surface area contributed by atoms with Gasteiger partial charge in [0.2, 0.25) is 0 Å². The van der Waals surface area contributed by atoms with E-state index in [1.165, 1.54) is 19.2 Å². The molecule has 2 amide bonds. The SMILES string of the molecule is CNC(=O)c1csc(NC(=O)c2cc(Cl)ccc2Cl)n1. The molecule has 5 nitrogen and oxygen atoms in total. The maximum Gasteiger partial charge on any atom is 0.270 e. The quantitative estimate of drug-likeness (QED) is 0.909. The highest BCUT2D eigenvalue weighted by atomic mass is 35.5. The van der Waals surface area contributed by atoms with Crippen molar-refractivity contribution in [1.29, 1.82) is 0 Å². The maximum absolute atomic E-state index is 12.0. The van der Waals surface area contributed by atoms with E-state index in [1.807, 2.05) is 0 Å². The second-order valence-corrected chi connectivity index (χ2v) is 5.40. The molecular formula is C12H9Cl2N3O2S. The largest absolute Gasteiger partial charge is 0.354 e. The Morgan fingerprint density at radius 2 is 2.00 bits per heavy atom. The number of thiazole rings is 1. The van der Waals surface area contributed by atoms with Gasteiger partial charge in [0, 0.05) is 17.5 Å². The van der Waals surface area contributed by atoms with Gasteiger partial charge in [-0.1, -0.05) is 23.2 Å². The molecule has 0 unspecified atom stereocenters.